The second-order valence-corrected chi connectivity index (χ2v) is 5.32. The first-order valence-electron chi connectivity index (χ1n) is 7.34. The molecule has 0 unspecified atom stereocenters. The minimum absolute atomic E-state index is 0.174. The molecule has 0 fully saturated rings. The maximum Gasteiger partial charge on any atom is 0.272 e. The van der Waals surface area contributed by atoms with Gasteiger partial charge < -0.3 is 5.32 Å². The zero-order valence-corrected chi connectivity index (χ0v) is 13.0. The van der Waals surface area contributed by atoms with Gasteiger partial charge in [-0.25, -0.2) is 5.10 Å². The van der Waals surface area contributed by atoms with Crippen LogP contribution in [0.5, 0.6) is 0 Å². The van der Waals surface area contributed by atoms with Crippen molar-refractivity contribution in [1.82, 2.24) is 20.0 Å². The molecule has 6 heteroatoms. The summed E-state index contributed by atoms with van der Waals surface area (Å²) in [7, 11) is 0. The topological polar surface area (TPSA) is 75.6 Å². The number of aryl methyl sites for hydroxylation is 2. The monoisotopic (exact) mass is 297 g/mol. The highest BCUT2D eigenvalue weighted by Crippen LogP contribution is 2.18. The molecule has 6 nitrogen and oxygen atoms in total. The van der Waals surface area contributed by atoms with Crippen LogP contribution in [0.3, 0.4) is 0 Å². The third-order valence-electron chi connectivity index (χ3n) is 3.97. The number of nitrogens with one attached hydrogen (secondary N) is 2. The molecule has 1 aromatic carbocycles. The largest absolute Gasteiger partial charge is 0.381 e. The maximum absolute atomic E-state index is 11.8. The Morgan fingerprint density at radius 1 is 1.32 bits per heavy atom. The van der Waals surface area contributed by atoms with Crippen LogP contribution in [0.1, 0.15) is 23.9 Å². The van der Waals surface area contributed by atoms with Gasteiger partial charge in [-0.3, -0.25) is 9.48 Å². The molecule has 3 aromatic rings. The molecule has 0 saturated carbocycles. The van der Waals surface area contributed by atoms with Crippen molar-refractivity contribution in [3.63, 3.8) is 0 Å². The summed E-state index contributed by atoms with van der Waals surface area (Å²) in [6.07, 6.45) is 1.65. The van der Waals surface area contributed by atoms with Crippen LogP contribution in [0, 0.1) is 13.8 Å². The molecule has 0 aliphatic carbocycles. The summed E-state index contributed by atoms with van der Waals surface area (Å²) in [6, 6.07) is 5.71. The number of aromatic nitrogens is 4. The third kappa shape index (κ3) is 2.47. The van der Waals surface area contributed by atoms with Crippen LogP contribution >= 0.6 is 0 Å². The van der Waals surface area contributed by atoms with Gasteiger partial charge in [0.25, 0.3) is 5.56 Å². The molecule has 2 aromatic heterocycles. The lowest BCUT2D eigenvalue weighted by molar-refractivity contribution is 0.633. The number of aromatic amines is 1. The predicted molar refractivity (Wildman–Crippen MR) is 87.1 cm³/mol. The lowest BCUT2D eigenvalue weighted by Crippen LogP contribution is -2.08. The number of rotatable bonds is 4. The Kier molecular flexibility index (Phi) is 3.66. The summed E-state index contributed by atoms with van der Waals surface area (Å²) >= 11 is 0. The fourth-order valence-corrected chi connectivity index (χ4v) is 2.68. The fraction of sp³-hybridized carbons (Fsp3) is 0.312. The van der Waals surface area contributed by atoms with E-state index in [1.165, 1.54) is 11.3 Å². The number of nitrogens with zero attached hydrogens (tertiary/aromatic N) is 3. The molecule has 0 spiro atoms. The van der Waals surface area contributed by atoms with Gasteiger partial charge in [0.05, 0.1) is 17.3 Å². The second kappa shape index (κ2) is 5.63. The van der Waals surface area contributed by atoms with E-state index in [0.717, 1.165) is 23.3 Å². The minimum Gasteiger partial charge on any atom is -0.381 e. The molecule has 0 bridgehead atoms. The first-order valence-corrected chi connectivity index (χ1v) is 7.34. The van der Waals surface area contributed by atoms with Gasteiger partial charge in [0.2, 0.25) is 0 Å². The van der Waals surface area contributed by atoms with Crippen molar-refractivity contribution in [2.24, 2.45) is 0 Å². The summed E-state index contributed by atoms with van der Waals surface area (Å²) in [5, 5.41) is 15.6. The summed E-state index contributed by atoms with van der Waals surface area (Å²) in [5.74, 6) is 0. The van der Waals surface area contributed by atoms with Gasteiger partial charge in [-0.15, -0.1) is 0 Å². The Balaban J connectivity index is 1.87. The van der Waals surface area contributed by atoms with Crippen molar-refractivity contribution in [1.29, 1.82) is 0 Å². The van der Waals surface area contributed by atoms with Gasteiger partial charge in [-0.1, -0.05) is 6.07 Å². The van der Waals surface area contributed by atoms with Crippen LogP contribution in [0.25, 0.3) is 10.8 Å². The molecule has 0 atom stereocenters. The van der Waals surface area contributed by atoms with Crippen molar-refractivity contribution < 1.29 is 0 Å². The maximum atomic E-state index is 11.8. The van der Waals surface area contributed by atoms with Crippen molar-refractivity contribution in [3.05, 3.63) is 51.7 Å². The van der Waals surface area contributed by atoms with E-state index in [4.69, 9.17) is 0 Å². The van der Waals surface area contributed by atoms with E-state index in [1.807, 2.05) is 29.8 Å². The number of H-pyrrole nitrogens is 1. The normalized spacial score (nSPS) is 11.0. The van der Waals surface area contributed by atoms with E-state index in [2.05, 4.69) is 34.5 Å². The van der Waals surface area contributed by atoms with E-state index < -0.39 is 0 Å². The summed E-state index contributed by atoms with van der Waals surface area (Å²) in [6.45, 7) is 7.74. The quantitative estimate of drug-likeness (QED) is 0.775. The van der Waals surface area contributed by atoms with Gasteiger partial charge in [-0.05, 0) is 32.9 Å². The standard InChI is InChI=1S/C16H19N5O/c1-4-21-11(3)15(10(2)20-21)9-17-13-6-5-12-8-18-19-16(22)14(12)7-13/h5-8,17H,4,9H2,1-3H3,(H,19,22). The average molecular weight is 297 g/mol. The first-order chi connectivity index (χ1) is 10.6. The van der Waals surface area contributed by atoms with Crippen molar-refractivity contribution >= 4 is 16.5 Å². The third-order valence-corrected chi connectivity index (χ3v) is 3.97. The van der Waals surface area contributed by atoms with Crippen molar-refractivity contribution in [2.45, 2.75) is 33.9 Å². The lowest BCUT2D eigenvalue weighted by Gasteiger charge is -2.08. The van der Waals surface area contributed by atoms with Crippen LogP contribution in [-0.4, -0.2) is 20.0 Å². The van der Waals surface area contributed by atoms with E-state index in [9.17, 15) is 4.79 Å². The molecule has 114 valence electrons. The SMILES string of the molecule is CCn1nc(C)c(CNc2ccc3cn[nH]c(=O)c3c2)c1C. The van der Waals surface area contributed by atoms with Gasteiger partial charge in [0.15, 0.2) is 0 Å². The van der Waals surface area contributed by atoms with Gasteiger partial charge in [0.1, 0.15) is 0 Å². The van der Waals surface area contributed by atoms with E-state index in [0.29, 0.717) is 11.9 Å². The van der Waals surface area contributed by atoms with E-state index in [1.54, 1.807) is 6.20 Å². The molecule has 22 heavy (non-hydrogen) atoms. The second-order valence-electron chi connectivity index (χ2n) is 5.32. The zero-order chi connectivity index (χ0) is 15.7. The van der Waals surface area contributed by atoms with Crippen molar-refractivity contribution in [2.75, 3.05) is 5.32 Å². The molecular formula is C16H19N5O. The Morgan fingerprint density at radius 3 is 2.86 bits per heavy atom. The van der Waals surface area contributed by atoms with Gasteiger partial charge >= 0.3 is 0 Å². The zero-order valence-electron chi connectivity index (χ0n) is 13.0. The molecule has 0 amide bonds. The predicted octanol–water partition coefficient (Wildman–Crippen LogP) is 2.37. The molecule has 0 saturated heterocycles. The highest BCUT2D eigenvalue weighted by Gasteiger charge is 2.10. The van der Waals surface area contributed by atoms with Crippen LogP contribution in [0.15, 0.2) is 29.2 Å². The fourth-order valence-electron chi connectivity index (χ4n) is 2.68. The van der Waals surface area contributed by atoms with E-state index >= 15 is 0 Å². The number of anilines is 1. The molecule has 0 radical (unpaired) electrons. The Morgan fingerprint density at radius 2 is 2.14 bits per heavy atom. The molecule has 3 rings (SSSR count). The number of benzene rings is 1. The first kappa shape index (κ1) is 14.3. The Hall–Kier alpha value is -2.63. The lowest BCUT2D eigenvalue weighted by atomic mass is 10.1. The molecule has 2 N–H and O–H groups in total. The minimum atomic E-state index is -0.174. The smallest absolute Gasteiger partial charge is 0.272 e. The molecular weight excluding hydrogens is 278 g/mol. The van der Waals surface area contributed by atoms with Crippen LogP contribution in [0.4, 0.5) is 5.69 Å². The van der Waals surface area contributed by atoms with Crippen LogP contribution in [-0.2, 0) is 13.1 Å². The van der Waals surface area contributed by atoms with Crippen molar-refractivity contribution in [3.8, 4) is 0 Å². The summed E-state index contributed by atoms with van der Waals surface area (Å²) in [4.78, 5) is 11.8. The van der Waals surface area contributed by atoms with Gasteiger partial charge in [0, 0.05) is 35.4 Å². The number of fused-ring (bicyclic) bond motifs is 1. The average Bonchev–Trinajstić information content (AvgIpc) is 2.80. The Bertz CT molecular complexity index is 878. The highest BCUT2D eigenvalue weighted by molar-refractivity contribution is 5.83. The molecule has 0 aliphatic rings. The molecule has 2 heterocycles. The highest BCUT2D eigenvalue weighted by atomic mass is 16.1. The Labute approximate surface area is 128 Å². The van der Waals surface area contributed by atoms with Gasteiger partial charge in [-0.2, -0.15) is 10.2 Å². The van der Waals surface area contributed by atoms with E-state index in [-0.39, 0.29) is 5.56 Å². The van der Waals surface area contributed by atoms with Crippen LogP contribution < -0.4 is 10.9 Å². The number of hydrogen-bond donors (Lipinski definition) is 2. The summed E-state index contributed by atoms with van der Waals surface area (Å²) in [5.41, 5.74) is 4.15. The summed E-state index contributed by atoms with van der Waals surface area (Å²) < 4.78 is 2.00. The van der Waals surface area contributed by atoms with Crippen LogP contribution in [0.2, 0.25) is 0 Å². The molecule has 0 aliphatic heterocycles. The number of hydrogen-bond acceptors (Lipinski definition) is 4.